The normalized spacial score (nSPS) is 12.0. The third-order valence-corrected chi connectivity index (χ3v) is 12.5. The molecule has 0 aliphatic carbocycles. The molecule has 0 aromatic rings. The third kappa shape index (κ3) is 49.2. The van der Waals surface area contributed by atoms with Crippen LogP contribution in [0.3, 0.4) is 0 Å². The van der Waals surface area contributed by atoms with E-state index < -0.39 is 6.10 Å². The Balaban J connectivity index is 3.96. The Morgan fingerprint density at radius 3 is 0.806 bits per heavy atom. The van der Waals surface area contributed by atoms with Crippen LogP contribution in [-0.2, 0) is 28.6 Å². The summed E-state index contributed by atoms with van der Waals surface area (Å²) in [6.45, 7) is 6.61. The summed E-state index contributed by atoms with van der Waals surface area (Å²) in [5.41, 5.74) is 0. The minimum Gasteiger partial charge on any atom is -0.462 e. The first kappa shape index (κ1) is 60.2. The zero-order valence-corrected chi connectivity index (χ0v) is 41.9. The van der Waals surface area contributed by atoms with Crippen molar-refractivity contribution in [3.05, 3.63) is 12.2 Å². The Hall–Kier alpha value is -1.85. The van der Waals surface area contributed by atoms with Gasteiger partial charge < -0.3 is 14.2 Å². The molecule has 6 nitrogen and oxygen atoms in total. The van der Waals surface area contributed by atoms with Crippen molar-refractivity contribution in [2.45, 2.75) is 316 Å². The first-order valence-electron chi connectivity index (χ1n) is 27.7. The van der Waals surface area contributed by atoms with Crippen molar-refractivity contribution in [3.63, 3.8) is 0 Å². The molecule has 62 heavy (non-hydrogen) atoms. The van der Waals surface area contributed by atoms with E-state index in [1.165, 1.54) is 212 Å². The lowest BCUT2D eigenvalue weighted by Crippen LogP contribution is -2.30. The van der Waals surface area contributed by atoms with E-state index in [0.717, 1.165) is 57.8 Å². The standard InChI is InChI=1S/C56H106O6/c1-4-7-10-13-16-18-20-21-22-23-24-25-26-27-28-29-30-31-32-33-34-35-37-38-40-43-46-49-55(58)61-52-53(51-60-54(57)48-45-42-15-12-9-6-3)62-56(59)50-47-44-41-39-36-19-17-14-11-8-5-2/h23-24,53H,4-22,25-52H2,1-3H3/b24-23-. The van der Waals surface area contributed by atoms with Crippen LogP contribution in [0.15, 0.2) is 12.2 Å². The summed E-state index contributed by atoms with van der Waals surface area (Å²) in [6.07, 6.45) is 58.2. The highest BCUT2D eigenvalue weighted by molar-refractivity contribution is 5.71. The van der Waals surface area contributed by atoms with Gasteiger partial charge in [0, 0.05) is 19.3 Å². The molecular formula is C56H106O6. The van der Waals surface area contributed by atoms with Gasteiger partial charge in [-0.25, -0.2) is 0 Å². The number of esters is 3. The fourth-order valence-electron chi connectivity index (χ4n) is 8.32. The van der Waals surface area contributed by atoms with Crippen LogP contribution < -0.4 is 0 Å². The molecule has 0 aromatic heterocycles. The Morgan fingerprint density at radius 1 is 0.306 bits per heavy atom. The summed E-state index contributed by atoms with van der Waals surface area (Å²) in [6, 6.07) is 0. The van der Waals surface area contributed by atoms with E-state index >= 15 is 0 Å². The first-order valence-corrected chi connectivity index (χ1v) is 27.7. The molecule has 0 aromatic carbocycles. The minimum atomic E-state index is -0.760. The second-order valence-electron chi connectivity index (χ2n) is 18.9. The number of unbranched alkanes of at least 4 members (excludes halogenated alkanes) is 38. The number of rotatable bonds is 51. The van der Waals surface area contributed by atoms with Gasteiger partial charge in [-0.15, -0.1) is 0 Å². The predicted molar refractivity (Wildman–Crippen MR) is 266 cm³/mol. The molecule has 6 heteroatoms. The lowest BCUT2D eigenvalue weighted by Gasteiger charge is -2.18. The highest BCUT2D eigenvalue weighted by atomic mass is 16.6. The van der Waals surface area contributed by atoms with Crippen molar-refractivity contribution in [3.8, 4) is 0 Å². The maximum Gasteiger partial charge on any atom is 0.306 e. The Bertz CT molecular complexity index is 962. The molecule has 0 rings (SSSR count). The smallest absolute Gasteiger partial charge is 0.306 e. The van der Waals surface area contributed by atoms with E-state index in [4.69, 9.17) is 14.2 Å². The van der Waals surface area contributed by atoms with E-state index in [1.54, 1.807) is 0 Å². The summed E-state index contributed by atoms with van der Waals surface area (Å²) in [4.78, 5) is 37.7. The van der Waals surface area contributed by atoms with Gasteiger partial charge in [0.25, 0.3) is 0 Å². The van der Waals surface area contributed by atoms with Crippen molar-refractivity contribution < 1.29 is 28.6 Å². The van der Waals surface area contributed by atoms with E-state index in [-0.39, 0.29) is 31.1 Å². The summed E-state index contributed by atoms with van der Waals surface area (Å²) in [5, 5.41) is 0. The molecule has 0 saturated heterocycles. The van der Waals surface area contributed by atoms with E-state index in [9.17, 15) is 14.4 Å². The number of carbonyl (C=O) groups excluding carboxylic acids is 3. The van der Waals surface area contributed by atoms with Crippen LogP contribution in [0.1, 0.15) is 310 Å². The molecule has 0 aliphatic heterocycles. The van der Waals surface area contributed by atoms with Crippen LogP contribution in [0.2, 0.25) is 0 Å². The topological polar surface area (TPSA) is 78.9 Å². The van der Waals surface area contributed by atoms with Crippen molar-refractivity contribution >= 4 is 17.9 Å². The number of allylic oxidation sites excluding steroid dienone is 2. The maximum atomic E-state index is 12.7. The third-order valence-electron chi connectivity index (χ3n) is 12.5. The summed E-state index contributed by atoms with van der Waals surface area (Å²) in [7, 11) is 0. The highest BCUT2D eigenvalue weighted by Crippen LogP contribution is 2.17. The number of hydrogen-bond donors (Lipinski definition) is 0. The molecule has 0 aliphatic rings. The molecule has 0 bridgehead atoms. The van der Waals surface area contributed by atoms with Crippen LogP contribution in [0.25, 0.3) is 0 Å². The molecule has 0 saturated carbocycles. The number of hydrogen-bond acceptors (Lipinski definition) is 6. The number of carbonyl (C=O) groups is 3. The minimum absolute atomic E-state index is 0.0650. The molecule has 366 valence electrons. The molecule has 0 N–H and O–H groups in total. The maximum absolute atomic E-state index is 12.7. The lowest BCUT2D eigenvalue weighted by molar-refractivity contribution is -0.167. The first-order chi connectivity index (χ1) is 30.5. The summed E-state index contributed by atoms with van der Waals surface area (Å²) in [5.74, 6) is -0.860. The Labute approximate surface area is 386 Å². The number of ether oxygens (including phenoxy) is 3. The van der Waals surface area contributed by atoms with Gasteiger partial charge in [-0.2, -0.15) is 0 Å². The second kappa shape index (κ2) is 51.8. The van der Waals surface area contributed by atoms with Crippen LogP contribution in [0.4, 0.5) is 0 Å². The molecule has 0 heterocycles. The zero-order chi connectivity index (χ0) is 45.1. The van der Waals surface area contributed by atoms with Crippen molar-refractivity contribution in [2.75, 3.05) is 13.2 Å². The van der Waals surface area contributed by atoms with Gasteiger partial charge in [0.2, 0.25) is 0 Å². The SMILES string of the molecule is CCCCCCCCCC/C=C\CCCCCCCCCCCCCCCCCC(=O)OCC(COC(=O)CCCCCCCC)OC(=O)CCCCCCCCCCCCC. The van der Waals surface area contributed by atoms with Crippen molar-refractivity contribution in [1.29, 1.82) is 0 Å². The van der Waals surface area contributed by atoms with Gasteiger partial charge in [-0.1, -0.05) is 258 Å². The van der Waals surface area contributed by atoms with Crippen LogP contribution in [-0.4, -0.2) is 37.2 Å². The van der Waals surface area contributed by atoms with Crippen LogP contribution >= 0.6 is 0 Å². The molecule has 0 amide bonds. The second-order valence-corrected chi connectivity index (χ2v) is 18.9. The zero-order valence-electron chi connectivity index (χ0n) is 41.9. The van der Waals surface area contributed by atoms with Crippen LogP contribution in [0, 0.1) is 0 Å². The molecular weight excluding hydrogens is 769 g/mol. The van der Waals surface area contributed by atoms with Gasteiger partial charge in [0.15, 0.2) is 6.10 Å². The van der Waals surface area contributed by atoms with Crippen molar-refractivity contribution in [2.24, 2.45) is 0 Å². The molecule has 0 spiro atoms. The van der Waals surface area contributed by atoms with E-state index in [0.29, 0.717) is 19.3 Å². The lowest BCUT2D eigenvalue weighted by atomic mass is 10.0. The molecule has 0 fully saturated rings. The van der Waals surface area contributed by atoms with Gasteiger partial charge in [0.1, 0.15) is 13.2 Å². The van der Waals surface area contributed by atoms with Gasteiger partial charge in [-0.3, -0.25) is 14.4 Å². The van der Waals surface area contributed by atoms with Crippen LogP contribution in [0.5, 0.6) is 0 Å². The quantitative estimate of drug-likeness (QED) is 0.0262. The molecule has 0 radical (unpaired) electrons. The largest absolute Gasteiger partial charge is 0.462 e. The summed E-state index contributed by atoms with van der Waals surface area (Å²) < 4.78 is 16.7. The summed E-state index contributed by atoms with van der Waals surface area (Å²) >= 11 is 0. The van der Waals surface area contributed by atoms with Gasteiger partial charge >= 0.3 is 17.9 Å². The molecule has 1 unspecified atom stereocenters. The van der Waals surface area contributed by atoms with Gasteiger partial charge in [-0.05, 0) is 44.9 Å². The van der Waals surface area contributed by atoms with Gasteiger partial charge in [0.05, 0.1) is 0 Å². The predicted octanol–water partition coefficient (Wildman–Crippen LogP) is 18.2. The Morgan fingerprint density at radius 2 is 0.532 bits per heavy atom. The fourth-order valence-corrected chi connectivity index (χ4v) is 8.32. The average Bonchev–Trinajstić information content (AvgIpc) is 3.27. The monoisotopic (exact) mass is 875 g/mol. The molecule has 1 atom stereocenters. The fraction of sp³-hybridized carbons (Fsp3) is 0.911. The Kier molecular flexibility index (Phi) is 50.2. The van der Waals surface area contributed by atoms with E-state index in [1.807, 2.05) is 0 Å². The highest BCUT2D eigenvalue weighted by Gasteiger charge is 2.19. The van der Waals surface area contributed by atoms with Crippen molar-refractivity contribution in [1.82, 2.24) is 0 Å². The average molecular weight is 875 g/mol. The van der Waals surface area contributed by atoms with E-state index in [2.05, 4.69) is 32.9 Å².